The van der Waals surface area contributed by atoms with E-state index in [0.717, 1.165) is 6.92 Å². The second-order valence-electron chi connectivity index (χ2n) is 3.15. The number of halogens is 7. The van der Waals surface area contributed by atoms with E-state index in [-0.39, 0.29) is 6.07 Å². The number of hydrogen-bond acceptors (Lipinski definition) is 0. The molecule has 0 bridgehead atoms. The first-order valence-corrected chi connectivity index (χ1v) is 4.36. The molecule has 16 heavy (non-hydrogen) atoms. The van der Waals surface area contributed by atoms with Crippen molar-refractivity contribution in [2.24, 2.45) is 0 Å². The molecule has 0 saturated carbocycles. The van der Waals surface area contributed by atoms with Crippen LogP contribution < -0.4 is 0 Å². The van der Waals surface area contributed by atoms with Crippen LogP contribution in [0.15, 0.2) is 12.1 Å². The van der Waals surface area contributed by atoms with E-state index in [9.17, 15) is 26.3 Å². The summed E-state index contributed by atoms with van der Waals surface area (Å²) in [5, 5.41) is -0.945. The van der Waals surface area contributed by atoms with Gasteiger partial charge in [-0.3, -0.25) is 0 Å². The minimum absolute atomic E-state index is 0.275. The molecule has 90 valence electrons. The van der Waals surface area contributed by atoms with E-state index in [1.54, 1.807) is 0 Å². The van der Waals surface area contributed by atoms with Gasteiger partial charge in [-0.15, -0.1) is 0 Å². The summed E-state index contributed by atoms with van der Waals surface area (Å²) >= 11 is 5.21. The van der Waals surface area contributed by atoms with Crippen molar-refractivity contribution in [2.75, 3.05) is 0 Å². The van der Waals surface area contributed by atoms with Gasteiger partial charge in [-0.25, -0.2) is 0 Å². The summed E-state index contributed by atoms with van der Waals surface area (Å²) in [6.45, 7) is 0.934. The Morgan fingerprint density at radius 3 is 1.75 bits per heavy atom. The lowest BCUT2D eigenvalue weighted by Gasteiger charge is -2.15. The smallest absolute Gasteiger partial charge is 0.166 e. The molecule has 0 atom stereocenters. The third kappa shape index (κ3) is 2.61. The minimum atomic E-state index is -4.76. The second-order valence-corrected chi connectivity index (χ2v) is 3.55. The van der Waals surface area contributed by atoms with E-state index in [1.807, 2.05) is 0 Å². The van der Waals surface area contributed by atoms with E-state index >= 15 is 0 Å². The van der Waals surface area contributed by atoms with E-state index in [0.29, 0.717) is 6.07 Å². The molecule has 1 aromatic carbocycles. The van der Waals surface area contributed by atoms with E-state index in [4.69, 9.17) is 11.6 Å². The van der Waals surface area contributed by atoms with Gasteiger partial charge in [0.25, 0.3) is 0 Å². The molecular formula is C9H5ClF6. The monoisotopic (exact) mass is 262 g/mol. The molecule has 0 radical (unpaired) electrons. The lowest BCUT2D eigenvalue weighted by molar-refractivity contribution is -0.141. The lowest BCUT2D eigenvalue weighted by atomic mass is 10.0. The van der Waals surface area contributed by atoms with Gasteiger partial charge in [0.1, 0.15) is 0 Å². The molecule has 0 spiro atoms. The van der Waals surface area contributed by atoms with Gasteiger partial charge in [0.15, 0.2) is 0 Å². The molecule has 0 aromatic heterocycles. The van der Waals surface area contributed by atoms with E-state index < -0.39 is 34.1 Å². The Hall–Kier alpha value is -0.910. The van der Waals surface area contributed by atoms with Crippen molar-refractivity contribution in [3.8, 4) is 0 Å². The molecule has 7 heteroatoms. The van der Waals surface area contributed by atoms with Crippen molar-refractivity contribution >= 4 is 11.6 Å². The number of rotatable bonds is 0. The molecule has 0 aliphatic heterocycles. The SMILES string of the molecule is Cc1cc(C(F)(F)F)cc(Cl)c1C(F)(F)F. The summed E-state index contributed by atoms with van der Waals surface area (Å²) < 4.78 is 73.8. The highest BCUT2D eigenvalue weighted by atomic mass is 35.5. The quantitative estimate of drug-likeness (QED) is 0.595. The Kier molecular flexibility index (Phi) is 3.15. The van der Waals surface area contributed by atoms with Crippen LogP contribution in [-0.2, 0) is 12.4 Å². The van der Waals surface area contributed by atoms with Gasteiger partial charge >= 0.3 is 12.4 Å². The van der Waals surface area contributed by atoms with Crippen molar-refractivity contribution in [2.45, 2.75) is 19.3 Å². The molecule has 1 aromatic rings. The number of aryl methyl sites for hydroxylation is 1. The molecule has 0 aliphatic carbocycles. The Morgan fingerprint density at radius 1 is 0.938 bits per heavy atom. The first kappa shape index (κ1) is 13.2. The number of benzene rings is 1. The van der Waals surface area contributed by atoms with Crippen molar-refractivity contribution in [3.63, 3.8) is 0 Å². The van der Waals surface area contributed by atoms with Gasteiger partial charge < -0.3 is 0 Å². The zero-order chi connectivity index (χ0) is 12.7. The fourth-order valence-corrected chi connectivity index (χ4v) is 1.64. The molecular weight excluding hydrogens is 258 g/mol. The summed E-state index contributed by atoms with van der Waals surface area (Å²) in [6, 6.07) is 0.700. The van der Waals surface area contributed by atoms with Crippen LogP contribution in [0.5, 0.6) is 0 Å². The third-order valence-corrected chi connectivity index (χ3v) is 2.20. The van der Waals surface area contributed by atoms with Crippen LogP contribution >= 0.6 is 11.6 Å². The van der Waals surface area contributed by atoms with Crippen LogP contribution in [0.25, 0.3) is 0 Å². The molecule has 0 unspecified atom stereocenters. The van der Waals surface area contributed by atoms with Gasteiger partial charge in [0.05, 0.1) is 16.1 Å². The van der Waals surface area contributed by atoms with Gasteiger partial charge in [-0.1, -0.05) is 11.6 Å². The summed E-state index contributed by atoms with van der Waals surface area (Å²) in [5.41, 5.74) is -2.97. The molecule has 0 aliphatic rings. The van der Waals surface area contributed by atoms with Gasteiger partial charge in [0.2, 0.25) is 0 Å². The largest absolute Gasteiger partial charge is 0.418 e. The number of alkyl halides is 6. The molecule has 0 amide bonds. The highest BCUT2D eigenvalue weighted by Gasteiger charge is 2.38. The predicted octanol–water partition coefficient (Wildman–Crippen LogP) is 4.69. The molecule has 0 heterocycles. The molecule has 0 saturated heterocycles. The van der Waals surface area contributed by atoms with Crippen molar-refractivity contribution in [1.29, 1.82) is 0 Å². The number of hydrogen-bond donors (Lipinski definition) is 0. The third-order valence-electron chi connectivity index (χ3n) is 1.90. The van der Waals surface area contributed by atoms with E-state index in [1.165, 1.54) is 0 Å². The van der Waals surface area contributed by atoms with Crippen LogP contribution in [0.3, 0.4) is 0 Å². The standard InChI is InChI=1S/C9H5ClF6/c1-4-2-5(8(11,12)13)3-6(10)7(4)9(14,15)16/h2-3H,1H3. The van der Waals surface area contributed by atoms with Crippen LogP contribution in [0.2, 0.25) is 5.02 Å². The van der Waals surface area contributed by atoms with Gasteiger partial charge in [-0.2, -0.15) is 26.3 Å². The van der Waals surface area contributed by atoms with Crippen molar-refractivity contribution in [3.05, 3.63) is 33.8 Å². The van der Waals surface area contributed by atoms with Crippen LogP contribution in [0.1, 0.15) is 16.7 Å². The minimum Gasteiger partial charge on any atom is -0.166 e. The van der Waals surface area contributed by atoms with Crippen LogP contribution in [0.4, 0.5) is 26.3 Å². The maximum absolute atomic E-state index is 12.4. The molecule has 1 rings (SSSR count). The maximum atomic E-state index is 12.4. The van der Waals surface area contributed by atoms with Gasteiger partial charge in [0, 0.05) is 0 Å². The van der Waals surface area contributed by atoms with Crippen LogP contribution in [-0.4, -0.2) is 0 Å². The topological polar surface area (TPSA) is 0 Å². The summed E-state index contributed by atoms with van der Waals surface area (Å²) in [5.74, 6) is 0. The summed E-state index contributed by atoms with van der Waals surface area (Å²) in [7, 11) is 0. The van der Waals surface area contributed by atoms with Crippen molar-refractivity contribution < 1.29 is 26.3 Å². The summed E-state index contributed by atoms with van der Waals surface area (Å²) in [6.07, 6.45) is -9.47. The fraction of sp³-hybridized carbons (Fsp3) is 0.333. The highest BCUT2D eigenvalue weighted by Crippen LogP contribution is 2.40. The van der Waals surface area contributed by atoms with Crippen molar-refractivity contribution in [1.82, 2.24) is 0 Å². The second kappa shape index (κ2) is 3.84. The zero-order valence-electron chi connectivity index (χ0n) is 7.80. The Labute approximate surface area is 91.8 Å². The predicted molar refractivity (Wildman–Crippen MR) is 46.2 cm³/mol. The Morgan fingerprint density at radius 2 is 1.44 bits per heavy atom. The zero-order valence-corrected chi connectivity index (χ0v) is 8.56. The van der Waals surface area contributed by atoms with E-state index in [2.05, 4.69) is 0 Å². The fourth-order valence-electron chi connectivity index (χ4n) is 1.27. The normalized spacial score (nSPS) is 13.0. The summed E-state index contributed by atoms with van der Waals surface area (Å²) in [4.78, 5) is 0. The first-order chi connectivity index (χ1) is 7.03. The Bertz CT molecular complexity index is 380. The van der Waals surface area contributed by atoms with Crippen LogP contribution in [0, 0.1) is 6.92 Å². The van der Waals surface area contributed by atoms with Gasteiger partial charge in [-0.05, 0) is 24.6 Å². The first-order valence-electron chi connectivity index (χ1n) is 3.98. The lowest BCUT2D eigenvalue weighted by Crippen LogP contribution is -2.12. The molecule has 0 nitrogen and oxygen atoms in total. The average molecular weight is 263 g/mol. The molecule has 0 fully saturated rings. The highest BCUT2D eigenvalue weighted by molar-refractivity contribution is 6.31. The average Bonchev–Trinajstić information content (AvgIpc) is 1.97. The maximum Gasteiger partial charge on any atom is 0.418 e. The molecule has 0 N–H and O–H groups in total. The Balaban J connectivity index is 3.41.